The number of benzene rings is 1. The third-order valence-corrected chi connectivity index (χ3v) is 2.70. The number of ether oxygens (including phenoxy) is 1. The van der Waals surface area contributed by atoms with Gasteiger partial charge in [0.2, 0.25) is 5.91 Å². The quantitative estimate of drug-likeness (QED) is 0.778. The summed E-state index contributed by atoms with van der Waals surface area (Å²) in [7, 11) is 1.50. The topological polar surface area (TPSA) is 64.3 Å². The van der Waals surface area contributed by atoms with Crippen LogP contribution < -0.4 is 15.8 Å². The third-order valence-electron chi connectivity index (χ3n) is 2.70. The first-order chi connectivity index (χ1) is 7.61. The second-order valence-corrected chi connectivity index (χ2v) is 3.80. The first kappa shape index (κ1) is 10.9. The fraction of sp³-hybridized carbons (Fsp3) is 0.364. The van der Waals surface area contributed by atoms with E-state index in [0.29, 0.717) is 11.3 Å². The fourth-order valence-corrected chi connectivity index (χ4v) is 1.87. The molecule has 1 fully saturated rings. The minimum Gasteiger partial charge on any atom is -0.497 e. The number of hydrogen-bond acceptors (Lipinski definition) is 3. The van der Waals surface area contributed by atoms with E-state index in [4.69, 9.17) is 10.5 Å². The van der Waals surface area contributed by atoms with Crippen molar-refractivity contribution in [3.05, 3.63) is 29.6 Å². The van der Waals surface area contributed by atoms with E-state index in [1.807, 2.05) is 0 Å². The normalized spacial score (nSPS) is 24.3. The van der Waals surface area contributed by atoms with Crippen molar-refractivity contribution in [2.75, 3.05) is 7.11 Å². The van der Waals surface area contributed by atoms with Gasteiger partial charge in [-0.15, -0.1) is 0 Å². The highest BCUT2D eigenvalue weighted by molar-refractivity contribution is 5.80. The van der Waals surface area contributed by atoms with Crippen molar-refractivity contribution < 1.29 is 13.9 Å². The van der Waals surface area contributed by atoms with Gasteiger partial charge in [0.05, 0.1) is 13.2 Å². The van der Waals surface area contributed by atoms with Gasteiger partial charge in [-0.3, -0.25) is 4.79 Å². The molecule has 1 aliphatic heterocycles. The van der Waals surface area contributed by atoms with Crippen molar-refractivity contribution in [3.63, 3.8) is 0 Å². The second kappa shape index (κ2) is 4.09. The second-order valence-electron chi connectivity index (χ2n) is 3.80. The molecule has 4 nitrogen and oxygen atoms in total. The predicted octanol–water partition coefficient (Wildman–Crippen LogP) is 0.723. The van der Waals surface area contributed by atoms with E-state index >= 15 is 0 Å². The maximum atomic E-state index is 13.6. The number of hydrogen-bond donors (Lipinski definition) is 2. The lowest BCUT2D eigenvalue weighted by molar-refractivity contribution is -0.119. The Balaban J connectivity index is 2.35. The highest BCUT2D eigenvalue weighted by Crippen LogP contribution is 2.28. The molecular weight excluding hydrogens is 211 g/mol. The monoisotopic (exact) mass is 224 g/mol. The summed E-state index contributed by atoms with van der Waals surface area (Å²) in [6.45, 7) is 0. The third kappa shape index (κ3) is 1.86. The number of carbonyl (C=O) groups excluding carboxylic acids is 1. The van der Waals surface area contributed by atoms with Crippen molar-refractivity contribution in [2.24, 2.45) is 5.73 Å². The SMILES string of the molecule is COc1ccc(F)c([C@H]2NC(=O)C[C@@H]2N)c1. The Bertz CT molecular complexity index is 422. The van der Waals surface area contributed by atoms with E-state index in [9.17, 15) is 9.18 Å². The Kier molecular flexibility index (Phi) is 2.78. The minimum absolute atomic E-state index is 0.153. The zero-order chi connectivity index (χ0) is 11.7. The van der Waals surface area contributed by atoms with Crippen LogP contribution in [-0.4, -0.2) is 19.1 Å². The zero-order valence-corrected chi connectivity index (χ0v) is 8.87. The van der Waals surface area contributed by atoms with Crippen molar-refractivity contribution in [3.8, 4) is 5.75 Å². The number of methoxy groups -OCH3 is 1. The molecule has 86 valence electrons. The standard InChI is InChI=1S/C11H13FN2O2/c1-16-6-2-3-8(12)7(4-6)11-9(13)5-10(15)14-11/h2-4,9,11H,5,13H2,1H3,(H,14,15)/t9-,11+/m0/s1. The summed E-state index contributed by atoms with van der Waals surface area (Å²) < 4.78 is 18.6. The van der Waals surface area contributed by atoms with Gasteiger partial charge in [0.1, 0.15) is 11.6 Å². The van der Waals surface area contributed by atoms with Gasteiger partial charge in [0.15, 0.2) is 0 Å². The summed E-state index contributed by atoms with van der Waals surface area (Å²) >= 11 is 0. The molecule has 16 heavy (non-hydrogen) atoms. The molecule has 0 aliphatic carbocycles. The first-order valence-electron chi connectivity index (χ1n) is 5.00. The Morgan fingerprint density at radius 1 is 1.56 bits per heavy atom. The van der Waals surface area contributed by atoms with E-state index in [1.54, 1.807) is 6.07 Å². The van der Waals surface area contributed by atoms with E-state index in [0.717, 1.165) is 0 Å². The van der Waals surface area contributed by atoms with E-state index < -0.39 is 12.1 Å². The summed E-state index contributed by atoms with van der Waals surface area (Å²) in [5, 5.41) is 2.65. The predicted molar refractivity (Wildman–Crippen MR) is 56.4 cm³/mol. The van der Waals surface area contributed by atoms with Crippen LogP contribution in [0.2, 0.25) is 0 Å². The van der Waals surface area contributed by atoms with Gasteiger partial charge in [0, 0.05) is 18.0 Å². The maximum absolute atomic E-state index is 13.6. The fourth-order valence-electron chi connectivity index (χ4n) is 1.87. The lowest BCUT2D eigenvalue weighted by atomic mass is 10.0. The van der Waals surface area contributed by atoms with Crippen LogP contribution in [0, 0.1) is 5.82 Å². The van der Waals surface area contributed by atoms with Gasteiger partial charge in [-0.2, -0.15) is 0 Å². The van der Waals surface area contributed by atoms with E-state index in [-0.39, 0.29) is 18.1 Å². The molecule has 1 heterocycles. The number of carbonyl (C=O) groups is 1. The van der Waals surface area contributed by atoms with Gasteiger partial charge >= 0.3 is 0 Å². The van der Waals surface area contributed by atoms with Gasteiger partial charge < -0.3 is 15.8 Å². The van der Waals surface area contributed by atoms with Crippen molar-refractivity contribution in [2.45, 2.75) is 18.5 Å². The van der Waals surface area contributed by atoms with Gasteiger partial charge in [0.25, 0.3) is 0 Å². The number of amides is 1. The molecule has 0 aromatic heterocycles. The van der Waals surface area contributed by atoms with Crippen LogP contribution in [0.3, 0.4) is 0 Å². The Morgan fingerprint density at radius 3 is 2.88 bits per heavy atom. The molecule has 5 heteroatoms. The molecule has 2 rings (SSSR count). The summed E-state index contributed by atoms with van der Waals surface area (Å²) in [5.74, 6) is 0.00733. The van der Waals surface area contributed by atoms with Crippen LogP contribution in [0.25, 0.3) is 0 Å². The van der Waals surface area contributed by atoms with Crippen LogP contribution in [0.15, 0.2) is 18.2 Å². The lowest BCUT2D eigenvalue weighted by Crippen LogP contribution is -2.29. The maximum Gasteiger partial charge on any atom is 0.222 e. The molecule has 0 radical (unpaired) electrons. The molecule has 1 aliphatic rings. The molecule has 0 saturated carbocycles. The highest BCUT2D eigenvalue weighted by Gasteiger charge is 2.32. The summed E-state index contributed by atoms with van der Waals surface area (Å²) in [6.07, 6.45) is 0.224. The minimum atomic E-state index is -0.470. The van der Waals surface area contributed by atoms with Crippen molar-refractivity contribution in [1.29, 1.82) is 0 Å². The average Bonchev–Trinajstić information content (AvgIpc) is 2.58. The van der Waals surface area contributed by atoms with Crippen LogP contribution in [0.1, 0.15) is 18.0 Å². The first-order valence-corrected chi connectivity index (χ1v) is 5.00. The summed E-state index contributed by atoms with van der Waals surface area (Å²) in [5.41, 5.74) is 6.14. The van der Waals surface area contributed by atoms with Crippen LogP contribution in [0.5, 0.6) is 5.75 Å². The number of halogens is 1. The van der Waals surface area contributed by atoms with Gasteiger partial charge in [-0.1, -0.05) is 0 Å². The molecule has 1 aromatic rings. The molecule has 0 unspecified atom stereocenters. The van der Waals surface area contributed by atoms with Crippen LogP contribution >= 0.6 is 0 Å². The number of rotatable bonds is 2. The van der Waals surface area contributed by atoms with Gasteiger partial charge in [-0.05, 0) is 18.2 Å². The number of nitrogens with one attached hydrogen (secondary N) is 1. The molecule has 1 aromatic carbocycles. The Labute approximate surface area is 92.6 Å². The summed E-state index contributed by atoms with van der Waals surface area (Å²) in [4.78, 5) is 11.2. The lowest BCUT2D eigenvalue weighted by Gasteiger charge is -2.16. The molecule has 3 N–H and O–H groups in total. The van der Waals surface area contributed by atoms with E-state index in [1.165, 1.54) is 19.2 Å². The summed E-state index contributed by atoms with van der Waals surface area (Å²) in [6, 6.07) is 3.54. The molecule has 1 amide bonds. The molecule has 2 atom stereocenters. The van der Waals surface area contributed by atoms with Crippen molar-refractivity contribution in [1.82, 2.24) is 5.32 Å². The average molecular weight is 224 g/mol. The highest BCUT2D eigenvalue weighted by atomic mass is 19.1. The Hall–Kier alpha value is -1.62. The largest absolute Gasteiger partial charge is 0.497 e. The van der Waals surface area contributed by atoms with Crippen LogP contribution in [-0.2, 0) is 4.79 Å². The number of nitrogens with two attached hydrogens (primary N) is 1. The zero-order valence-electron chi connectivity index (χ0n) is 8.87. The Morgan fingerprint density at radius 2 is 2.31 bits per heavy atom. The molecule has 0 bridgehead atoms. The van der Waals surface area contributed by atoms with E-state index in [2.05, 4.69) is 5.32 Å². The van der Waals surface area contributed by atoms with Gasteiger partial charge in [-0.25, -0.2) is 4.39 Å². The molecular formula is C11H13FN2O2. The van der Waals surface area contributed by atoms with Crippen LogP contribution in [0.4, 0.5) is 4.39 Å². The van der Waals surface area contributed by atoms with Crippen molar-refractivity contribution >= 4 is 5.91 Å². The molecule has 1 saturated heterocycles. The smallest absolute Gasteiger partial charge is 0.222 e. The molecule has 0 spiro atoms.